The van der Waals surface area contributed by atoms with Crippen molar-refractivity contribution in [3.63, 3.8) is 0 Å². The maximum absolute atomic E-state index is 11.5. The van der Waals surface area contributed by atoms with E-state index in [9.17, 15) is 9.90 Å². The minimum absolute atomic E-state index is 0.140. The molecule has 0 aliphatic carbocycles. The first-order chi connectivity index (χ1) is 9.23. The third kappa shape index (κ3) is 5.46. The van der Waals surface area contributed by atoms with Crippen LogP contribution in [-0.2, 0) is 4.79 Å². The Morgan fingerprint density at radius 1 is 1.35 bits per heavy atom. The van der Waals surface area contributed by atoms with Crippen molar-refractivity contribution in [1.82, 2.24) is 5.32 Å². The molecule has 5 heteroatoms. The molecule has 0 amide bonds. The van der Waals surface area contributed by atoms with Crippen LogP contribution in [0.4, 0.5) is 0 Å². The Bertz CT molecular complexity index is 450. The van der Waals surface area contributed by atoms with Gasteiger partial charge in [0, 0.05) is 20.7 Å². The van der Waals surface area contributed by atoms with Crippen LogP contribution in [0, 0.1) is 0 Å². The molecule has 0 radical (unpaired) electrons. The summed E-state index contributed by atoms with van der Waals surface area (Å²) < 4.78 is 1.05. The summed E-state index contributed by atoms with van der Waals surface area (Å²) in [5, 5.41) is 12.8. The maximum atomic E-state index is 11.5. The summed E-state index contributed by atoms with van der Waals surface area (Å²) in [6.45, 7) is 7.76. The Labute approximate surface area is 133 Å². The molecule has 2 N–H and O–H groups in total. The largest absolute Gasteiger partial charge is 0.480 e. The Kier molecular flexibility index (Phi) is 6.55. The average Bonchev–Trinajstić information content (AvgIpc) is 2.30. The van der Waals surface area contributed by atoms with Crippen LogP contribution in [0.3, 0.4) is 0 Å². The third-order valence-electron chi connectivity index (χ3n) is 2.93. The lowest BCUT2D eigenvalue weighted by molar-refractivity contribution is -0.144. The molecule has 20 heavy (non-hydrogen) atoms. The number of hydrogen-bond donors (Lipinski definition) is 2. The lowest BCUT2D eigenvalue weighted by atomic mass is 9.95. The Hall–Kier alpha value is -0.520. The topological polar surface area (TPSA) is 49.3 Å². The van der Waals surface area contributed by atoms with Gasteiger partial charge in [-0.2, -0.15) is 0 Å². The lowest BCUT2D eigenvalue weighted by Crippen LogP contribution is -2.53. The highest BCUT2D eigenvalue weighted by atomic mass is 79.9. The van der Waals surface area contributed by atoms with E-state index in [1.165, 1.54) is 0 Å². The van der Waals surface area contributed by atoms with E-state index < -0.39 is 11.5 Å². The van der Waals surface area contributed by atoms with Gasteiger partial charge in [0.1, 0.15) is 5.54 Å². The van der Waals surface area contributed by atoms with Gasteiger partial charge in [0.25, 0.3) is 0 Å². The lowest BCUT2D eigenvalue weighted by Gasteiger charge is -2.31. The number of rotatable bonds is 7. The fourth-order valence-corrected chi connectivity index (χ4v) is 3.65. The number of carboxylic acid groups (broad SMARTS) is 1. The standard InChI is InChI=1S/C15H22BrNO2S/c1-10(2)17-15(4,14(18)19)9-11(3)20-13-7-5-12(16)6-8-13/h5-8,10-11,17H,9H2,1-4H3,(H,18,19). The smallest absolute Gasteiger partial charge is 0.323 e. The van der Waals surface area contributed by atoms with Crippen molar-refractivity contribution in [2.45, 2.75) is 55.8 Å². The van der Waals surface area contributed by atoms with E-state index >= 15 is 0 Å². The van der Waals surface area contributed by atoms with Crippen molar-refractivity contribution < 1.29 is 9.90 Å². The number of aliphatic carboxylic acids is 1. The molecule has 0 aromatic heterocycles. The first-order valence-corrected chi connectivity index (χ1v) is 8.33. The van der Waals surface area contributed by atoms with Gasteiger partial charge in [0.15, 0.2) is 0 Å². The van der Waals surface area contributed by atoms with Crippen LogP contribution in [0.5, 0.6) is 0 Å². The molecule has 1 aromatic carbocycles. The van der Waals surface area contributed by atoms with Crippen LogP contribution in [0.25, 0.3) is 0 Å². The molecular formula is C15H22BrNO2S. The van der Waals surface area contributed by atoms with Gasteiger partial charge in [-0.25, -0.2) is 0 Å². The predicted octanol–water partition coefficient (Wildman–Crippen LogP) is 4.16. The zero-order valence-electron chi connectivity index (χ0n) is 12.3. The maximum Gasteiger partial charge on any atom is 0.323 e. The van der Waals surface area contributed by atoms with E-state index in [0.29, 0.717) is 6.42 Å². The number of carboxylic acids is 1. The molecule has 0 saturated heterocycles. The molecule has 0 aliphatic heterocycles. The van der Waals surface area contributed by atoms with E-state index in [1.54, 1.807) is 18.7 Å². The summed E-state index contributed by atoms with van der Waals surface area (Å²) >= 11 is 5.11. The number of halogens is 1. The summed E-state index contributed by atoms with van der Waals surface area (Å²) in [7, 11) is 0. The summed E-state index contributed by atoms with van der Waals surface area (Å²) in [5.41, 5.74) is -0.893. The van der Waals surface area contributed by atoms with Crippen molar-refractivity contribution in [3.05, 3.63) is 28.7 Å². The van der Waals surface area contributed by atoms with Crippen LogP contribution in [0.1, 0.15) is 34.1 Å². The molecule has 2 atom stereocenters. The Morgan fingerprint density at radius 3 is 2.35 bits per heavy atom. The minimum atomic E-state index is -0.893. The van der Waals surface area contributed by atoms with Gasteiger partial charge in [-0.3, -0.25) is 10.1 Å². The van der Waals surface area contributed by atoms with Crippen molar-refractivity contribution in [2.75, 3.05) is 0 Å². The van der Waals surface area contributed by atoms with Gasteiger partial charge in [-0.05, 0) is 51.5 Å². The normalized spacial score (nSPS) is 15.9. The predicted molar refractivity (Wildman–Crippen MR) is 88.4 cm³/mol. The molecule has 0 heterocycles. The van der Waals surface area contributed by atoms with Crippen LogP contribution in [-0.4, -0.2) is 27.9 Å². The molecule has 2 unspecified atom stereocenters. The van der Waals surface area contributed by atoms with Crippen LogP contribution < -0.4 is 5.32 Å². The first-order valence-electron chi connectivity index (χ1n) is 6.66. The zero-order valence-corrected chi connectivity index (χ0v) is 14.7. The van der Waals surface area contributed by atoms with Crippen molar-refractivity contribution >= 4 is 33.7 Å². The van der Waals surface area contributed by atoms with Gasteiger partial charge in [0.2, 0.25) is 0 Å². The van der Waals surface area contributed by atoms with Crippen molar-refractivity contribution in [2.24, 2.45) is 0 Å². The van der Waals surface area contributed by atoms with Gasteiger partial charge in [-0.15, -0.1) is 11.8 Å². The molecule has 0 aliphatic rings. The molecule has 3 nitrogen and oxygen atoms in total. The van der Waals surface area contributed by atoms with E-state index in [1.807, 2.05) is 38.1 Å². The number of hydrogen-bond acceptors (Lipinski definition) is 3. The SMILES string of the molecule is CC(C)NC(C)(CC(C)Sc1ccc(Br)cc1)C(=O)O. The summed E-state index contributed by atoms with van der Waals surface area (Å²) in [6.07, 6.45) is 0.571. The second-order valence-electron chi connectivity index (χ2n) is 5.52. The van der Waals surface area contributed by atoms with E-state index in [-0.39, 0.29) is 11.3 Å². The summed E-state index contributed by atoms with van der Waals surface area (Å²) in [5.74, 6) is -0.797. The molecule has 1 rings (SSSR count). The molecule has 0 saturated carbocycles. The average molecular weight is 360 g/mol. The second-order valence-corrected chi connectivity index (χ2v) is 7.95. The number of thioether (sulfide) groups is 1. The highest BCUT2D eigenvalue weighted by Crippen LogP contribution is 2.30. The first kappa shape index (κ1) is 17.5. The highest BCUT2D eigenvalue weighted by molar-refractivity contribution is 9.10. The van der Waals surface area contributed by atoms with Crippen molar-refractivity contribution in [1.29, 1.82) is 0 Å². The quantitative estimate of drug-likeness (QED) is 0.717. The zero-order chi connectivity index (χ0) is 15.3. The summed E-state index contributed by atoms with van der Waals surface area (Å²) in [6, 6.07) is 8.22. The molecule has 112 valence electrons. The van der Waals surface area contributed by atoms with Gasteiger partial charge >= 0.3 is 5.97 Å². The highest BCUT2D eigenvalue weighted by Gasteiger charge is 2.35. The fraction of sp³-hybridized carbons (Fsp3) is 0.533. The number of carbonyl (C=O) groups is 1. The van der Waals surface area contributed by atoms with Crippen LogP contribution in [0.15, 0.2) is 33.6 Å². The summed E-state index contributed by atoms with van der Waals surface area (Å²) in [4.78, 5) is 12.7. The van der Waals surface area contributed by atoms with E-state index in [0.717, 1.165) is 9.37 Å². The van der Waals surface area contributed by atoms with Gasteiger partial charge in [0.05, 0.1) is 0 Å². The van der Waals surface area contributed by atoms with Gasteiger partial charge < -0.3 is 5.11 Å². The van der Waals surface area contributed by atoms with E-state index in [2.05, 4.69) is 28.2 Å². The number of nitrogens with one attached hydrogen (secondary N) is 1. The van der Waals surface area contributed by atoms with Gasteiger partial charge in [-0.1, -0.05) is 22.9 Å². The monoisotopic (exact) mass is 359 g/mol. The Morgan fingerprint density at radius 2 is 1.90 bits per heavy atom. The minimum Gasteiger partial charge on any atom is -0.480 e. The fourth-order valence-electron chi connectivity index (χ4n) is 2.21. The molecule has 0 spiro atoms. The second kappa shape index (κ2) is 7.48. The third-order valence-corrected chi connectivity index (χ3v) is 4.57. The van der Waals surface area contributed by atoms with Crippen LogP contribution in [0.2, 0.25) is 0 Å². The molecule has 1 aromatic rings. The Balaban J connectivity index is 2.69. The molecule has 0 bridgehead atoms. The molecule has 0 fully saturated rings. The number of benzene rings is 1. The van der Waals surface area contributed by atoms with E-state index in [4.69, 9.17) is 0 Å². The molecular weight excluding hydrogens is 338 g/mol. The van der Waals surface area contributed by atoms with Crippen molar-refractivity contribution in [3.8, 4) is 0 Å². The van der Waals surface area contributed by atoms with Crippen LogP contribution >= 0.6 is 27.7 Å².